The second kappa shape index (κ2) is 11.2. The summed E-state index contributed by atoms with van der Waals surface area (Å²) in [6.07, 6.45) is -1.98. The topological polar surface area (TPSA) is 108 Å². The molecule has 30 heavy (non-hydrogen) atoms. The molecule has 0 spiro atoms. The van der Waals surface area contributed by atoms with Gasteiger partial charge in [-0.2, -0.15) is 13.2 Å². The Labute approximate surface area is 176 Å². The van der Waals surface area contributed by atoms with Gasteiger partial charge in [0.1, 0.15) is 22.4 Å². The minimum Gasteiger partial charge on any atom is -0.491 e. The third-order valence-corrected chi connectivity index (χ3v) is 5.17. The molecule has 0 aliphatic carbocycles. The second-order valence-corrected chi connectivity index (χ2v) is 7.54. The minimum absolute atomic E-state index is 0.00154. The molecule has 0 aliphatic heterocycles. The van der Waals surface area contributed by atoms with E-state index in [1.165, 1.54) is 12.1 Å². The van der Waals surface area contributed by atoms with Crippen LogP contribution in [0.5, 0.6) is 5.75 Å². The van der Waals surface area contributed by atoms with Gasteiger partial charge in [-0.3, -0.25) is 4.79 Å². The van der Waals surface area contributed by atoms with E-state index in [4.69, 9.17) is 20.3 Å². The van der Waals surface area contributed by atoms with E-state index in [0.717, 1.165) is 36.7 Å². The fraction of sp³-hybridized carbons (Fsp3) is 0.526. The maximum atomic E-state index is 13.5. The highest BCUT2D eigenvalue weighted by atomic mass is 32.1. The fourth-order valence-corrected chi connectivity index (χ4v) is 3.39. The van der Waals surface area contributed by atoms with Gasteiger partial charge in [0.05, 0.1) is 24.6 Å². The fourth-order valence-electron chi connectivity index (χ4n) is 2.55. The van der Waals surface area contributed by atoms with Crippen LogP contribution in [0.4, 0.5) is 13.2 Å². The molecule has 166 valence electrons. The van der Waals surface area contributed by atoms with Crippen molar-refractivity contribution in [3.05, 3.63) is 28.8 Å². The van der Waals surface area contributed by atoms with Gasteiger partial charge in [0.15, 0.2) is 0 Å². The van der Waals surface area contributed by atoms with Crippen LogP contribution in [0.2, 0.25) is 0 Å². The number of alkyl halides is 3. The quantitative estimate of drug-likeness (QED) is 0.468. The van der Waals surface area contributed by atoms with Crippen molar-refractivity contribution in [3.8, 4) is 16.3 Å². The minimum atomic E-state index is -4.62. The van der Waals surface area contributed by atoms with Crippen LogP contribution in [-0.2, 0) is 15.7 Å². The number of carboxylic acids is 1. The summed E-state index contributed by atoms with van der Waals surface area (Å²) < 4.78 is 51.2. The Bertz CT molecular complexity index is 830. The van der Waals surface area contributed by atoms with E-state index in [2.05, 4.69) is 17.1 Å². The highest BCUT2D eigenvalue weighted by Gasteiger charge is 2.35. The first-order valence-corrected chi connectivity index (χ1v) is 10.3. The molecule has 0 radical (unpaired) electrons. The largest absolute Gasteiger partial charge is 0.491 e. The summed E-state index contributed by atoms with van der Waals surface area (Å²) in [5.41, 5.74) is 4.99. The summed E-state index contributed by atoms with van der Waals surface area (Å²) in [7, 11) is 0. The molecule has 2 aromatic rings. The van der Waals surface area contributed by atoms with E-state index in [-0.39, 0.29) is 41.0 Å². The molecule has 1 aromatic heterocycles. The van der Waals surface area contributed by atoms with Crippen molar-refractivity contribution < 1.29 is 32.5 Å². The van der Waals surface area contributed by atoms with Crippen LogP contribution >= 0.6 is 11.3 Å². The van der Waals surface area contributed by atoms with Crippen molar-refractivity contribution >= 4 is 17.3 Å². The zero-order chi connectivity index (χ0) is 22.1. The van der Waals surface area contributed by atoms with Gasteiger partial charge in [0.2, 0.25) is 0 Å². The van der Waals surface area contributed by atoms with Crippen molar-refractivity contribution in [2.75, 3.05) is 19.8 Å². The van der Waals surface area contributed by atoms with Gasteiger partial charge in [-0.1, -0.05) is 31.1 Å². The zero-order valence-electron chi connectivity index (χ0n) is 16.4. The Morgan fingerprint density at radius 2 is 2.00 bits per heavy atom. The monoisotopic (exact) mass is 447 g/mol. The summed E-state index contributed by atoms with van der Waals surface area (Å²) in [5.74, 6) is -1.40. The third kappa shape index (κ3) is 7.22. The molecule has 0 amide bonds. The Kier molecular flexibility index (Phi) is 9.00. The van der Waals surface area contributed by atoms with Crippen molar-refractivity contribution in [1.29, 1.82) is 0 Å². The molecule has 2 rings (SSSR count). The zero-order valence-corrected chi connectivity index (χ0v) is 17.3. The first kappa shape index (κ1) is 24.0. The molecule has 0 saturated carbocycles. The van der Waals surface area contributed by atoms with E-state index >= 15 is 0 Å². The molecule has 1 atom stereocenters. The maximum absolute atomic E-state index is 13.5. The maximum Gasteiger partial charge on any atom is 0.419 e. The van der Waals surface area contributed by atoms with Gasteiger partial charge in [-0.05, 0) is 24.6 Å². The Morgan fingerprint density at radius 1 is 1.23 bits per heavy atom. The molecule has 1 aromatic carbocycles. The summed E-state index contributed by atoms with van der Waals surface area (Å²) >= 11 is 0.953. The number of halogens is 3. The Balaban J connectivity index is 2.09. The number of rotatable bonds is 12. The van der Waals surface area contributed by atoms with E-state index < -0.39 is 23.8 Å². The molecule has 0 aliphatic rings. The molecule has 0 bridgehead atoms. The predicted molar refractivity (Wildman–Crippen MR) is 105 cm³/mol. The average Bonchev–Trinajstić information content (AvgIpc) is 3.16. The van der Waals surface area contributed by atoms with Crippen LogP contribution in [-0.4, -0.2) is 41.1 Å². The summed E-state index contributed by atoms with van der Waals surface area (Å²) in [5, 5.41) is 16.9. The summed E-state index contributed by atoms with van der Waals surface area (Å²) in [4.78, 5) is 10.8. The SMILES string of the molecule is CCCCCOCCOc1ccc(-c2nnc([C@@H](N)CC(=O)O)s2)cc1C(F)(F)F. The number of hydrogen-bond donors (Lipinski definition) is 2. The normalized spacial score (nSPS) is 12.7. The number of aliphatic carboxylic acids is 1. The predicted octanol–water partition coefficient (Wildman–Crippen LogP) is 4.28. The van der Waals surface area contributed by atoms with Crippen LogP contribution in [0.1, 0.15) is 49.2 Å². The van der Waals surface area contributed by atoms with Crippen molar-refractivity contribution in [2.24, 2.45) is 5.73 Å². The molecular weight excluding hydrogens is 423 g/mol. The first-order valence-electron chi connectivity index (χ1n) is 9.45. The lowest BCUT2D eigenvalue weighted by molar-refractivity contribution is -0.139. The summed E-state index contributed by atoms with van der Waals surface area (Å²) in [6, 6.07) is 2.73. The summed E-state index contributed by atoms with van der Waals surface area (Å²) in [6.45, 7) is 2.82. The van der Waals surface area contributed by atoms with Crippen LogP contribution in [0.25, 0.3) is 10.6 Å². The number of hydrogen-bond acceptors (Lipinski definition) is 7. The lowest BCUT2D eigenvalue weighted by atomic mass is 10.1. The number of ether oxygens (including phenoxy) is 2. The van der Waals surface area contributed by atoms with E-state index in [9.17, 15) is 18.0 Å². The number of benzene rings is 1. The number of nitrogens with zero attached hydrogens (tertiary/aromatic N) is 2. The molecular formula is C19H24F3N3O4S. The van der Waals surface area contributed by atoms with Gasteiger partial charge < -0.3 is 20.3 Å². The second-order valence-electron chi connectivity index (χ2n) is 6.53. The van der Waals surface area contributed by atoms with Crippen molar-refractivity contribution in [3.63, 3.8) is 0 Å². The van der Waals surface area contributed by atoms with Crippen LogP contribution < -0.4 is 10.5 Å². The van der Waals surface area contributed by atoms with E-state index in [1.54, 1.807) is 0 Å². The number of unbranched alkanes of at least 4 members (excludes halogenated alkanes) is 2. The lowest BCUT2D eigenvalue weighted by Crippen LogP contribution is -2.14. The highest BCUT2D eigenvalue weighted by molar-refractivity contribution is 7.14. The van der Waals surface area contributed by atoms with Gasteiger partial charge in [0, 0.05) is 12.2 Å². The van der Waals surface area contributed by atoms with Crippen LogP contribution in [0.3, 0.4) is 0 Å². The molecule has 0 saturated heterocycles. The molecule has 3 N–H and O–H groups in total. The Hall–Kier alpha value is -2.24. The van der Waals surface area contributed by atoms with Crippen LogP contribution in [0, 0.1) is 0 Å². The van der Waals surface area contributed by atoms with Gasteiger partial charge >= 0.3 is 12.1 Å². The highest BCUT2D eigenvalue weighted by Crippen LogP contribution is 2.39. The average molecular weight is 447 g/mol. The number of nitrogens with two attached hydrogens (primary N) is 1. The smallest absolute Gasteiger partial charge is 0.419 e. The van der Waals surface area contributed by atoms with Gasteiger partial charge in [-0.15, -0.1) is 10.2 Å². The van der Waals surface area contributed by atoms with Crippen molar-refractivity contribution in [2.45, 2.75) is 44.8 Å². The van der Waals surface area contributed by atoms with Gasteiger partial charge in [-0.25, -0.2) is 0 Å². The molecule has 0 fully saturated rings. The lowest BCUT2D eigenvalue weighted by Gasteiger charge is -2.15. The first-order chi connectivity index (χ1) is 14.2. The molecule has 0 unspecified atom stereocenters. The van der Waals surface area contributed by atoms with E-state index in [0.29, 0.717) is 6.61 Å². The number of aromatic nitrogens is 2. The van der Waals surface area contributed by atoms with E-state index in [1.807, 2.05) is 0 Å². The van der Waals surface area contributed by atoms with Crippen molar-refractivity contribution in [1.82, 2.24) is 10.2 Å². The number of carboxylic acid groups (broad SMARTS) is 1. The third-order valence-electron chi connectivity index (χ3n) is 4.06. The standard InChI is InChI=1S/C19H24F3N3O4S/c1-2-3-4-7-28-8-9-29-15-6-5-12(10-13(15)19(20,21)22)17-24-25-18(30-17)14(23)11-16(26)27/h5-6,10,14H,2-4,7-9,11,23H2,1H3,(H,26,27)/t14-/m0/s1. The van der Waals surface area contributed by atoms with Crippen LogP contribution in [0.15, 0.2) is 18.2 Å². The van der Waals surface area contributed by atoms with Gasteiger partial charge in [0.25, 0.3) is 0 Å². The molecule has 11 heteroatoms. The molecule has 7 nitrogen and oxygen atoms in total. The molecule has 1 heterocycles. The number of carbonyl (C=O) groups is 1. The Morgan fingerprint density at radius 3 is 2.67 bits per heavy atom.